The number of rotatable bonds is 7. The zero-order valence-corrected chi connectivity index (χ0v) is 14.7. The Balaban J connectivity index is 1.79. The molecule has 1 fully saturated rings. The monoisotopic (exact) mass is 357 g/mol. The van der Waals surface area contributed by atoms with Crippen molar-refractivity contribution in [2.24, 2.45) is 0 Å². The van der Waals surface area contributed by atoms with Gasteiger partial charge in [0.1, 0.15) is 5.82 Å². The second-order valence-electron chi connectivity index (χ2n) is 5.84. The Bertz CT molecular complexity index is 641. The molecule has 1 N–H and O–H groups in total. The third-order valence-corrected chi connectivity index (χ3v) is 5.44. The van der Waals surface area contributed by atoms with E-state index in [4.69, 9.17) is 0 Å². The number of unbranched alkanes of at least 4 members (excludes halogenated alkanes) is 1. The van der Waals surface area contributed by atoms with Crippen molar-refractivity contribution in [3.63, 3.8) is 0 Å². The molecule has 1 aromatic carbocycles. The highest BCUT2D eigenvalue weighted by Gasteiger charge is 2.22. The van der Waals surface area contributed by atoms with Crippen LogP contribution in [0.25, 0.3) is 0 Å². The number of carbonyl (C=O) groups excluding carboxylic acids is 1. The van der Waals surface area contributed by atoms with Crippen LogP contribution in [0.15, 0.2) is 24.3 Å². The lowest BCUT2D eigenvalue weighted by Crippen LogP contribution is -2.51. The normalized spacial score (nSPS) is 15.6. The predicted octanol–water partition coefficient (Wildman–Crippen LogP) is 1.19. The van der Waals surface area contributed by atoms with Crippen molar-refractivity contribution in [2.45, 2.75) is 19.8 Å². The lowest BCUT2D eigenvalue weighted by molar-refractivity contribution is -0.130. The van der Waals surface area contributed by atoms with Crippen molar-refractivity contribution in [1.82, 2.24) is 9.62 Å². The van der Waals surface area contributed by atoms with Crippen LogP contribution in [0.1, 0.15) is 19.8 Å². The van der Waals surface area contributed by atoms with Crippen LogP contribution in [0, 0.1) is 5.82 Å². The maximum absolute atomic E-state index is 13.0. The van der Waals surface area contributed by atoms with Crippen LogP contribution in [0.2, 0.25) is 0 Å². The minimum absolute atomic E-state index is 0.0507. The van der Waals surface area contributed by atoms with E-state index in [2.05, 4.69) is 9.62 Å². The SMILES string of the molecule is CCCCS(=O)(=O)NCC(=O)N1CCN(c2ccc(F)cc2)CC1. The smallest absolute Gasteiger partial charge is 0.237 e. The molecule has 134 valence electrons. The summed E-state index contributed by atoms with van der Waals surface area (Å²) in [5.41, 5.74) is 0.920. The molecule has 1 amide bonds. The number of nitrogens with one attached hydrogen (secondary N) is 1. The lowest BCUT2D eigenvalue weighted by atomic mass is 10.2. The van der Waals surface area contributed by atoms with Gasteiger partial charge in [-0.3, -0.25) is 4.79 Å². The summed E-state index contributed by atoms with van der Waals surface area (Å²) in [6.07, 6.45) is 1.38. The van der Waals surface area contributed by atoms with Gasteiger partial charge in [0.05, 0.1) is 12.3 Å². The summed E-state index contributed by atoms with van der Waals surface area (Å²) in [5.74, 6) is -0.438. The number of halogens is 1. The van der Waals surface area contributed by atoms with Crippen molar-refractivity contribution in [1.29, 1.82) is 0 Å². The highest BCUT2D eigenvalue weighted by molar-refractivity contribution is 7.89. The van der Waals surface area contributed by atoms with Gasteiger partial charge < -0.3 is 9.80 Å². The Labute approximate surface area is 142 Å². The van der Waals surface area contributed by atoms with Crippen molar-refractivity contribution in [2.75, 3.05) is 43.4 Å². The second-order valence-corrected chi connectivity index (χ2v) is 7.76. The first-order valence-corrected chi connectivity index (χ1v) is 9.82. The molecular formula is C16H24FN3O3S. The minimum Gasteiger partial charge on any atom is -0.368 e. The standard InChI is InChI=1S/C16H24FN3O3S/c1-2-3-12-24(22,23)18-13-16(21)20-10-8-19(9-11-20)15-6-4-14(17)5-7-15/h4-7,18H,2-3,8-13H2,1H3. The van der Waals surface area contributed by atoms with E-state index in [1.807, 2.05) is 6.92 Å². The summed E-state index contributed by atoms with van der Waals surface area (Å²) in [6, 6.07) is 6.26. The summed E-state index contributed by atoms with van der Waals surface area (Å²) < 4.78 is 38.8. The number of carbonyl (C=O) groups is 1. The number of nitrogens with zero attached hydrogens (tertiary/aromatic N) is 2. The van der Waals surface area contributed by atoms with E-state index >= 15 is 0 Å². The third-order valence-electron chi connectivity index (χ3n) is 4.03. The van der Waals surface area contributed by atoms with E-state index < -0.39 is 10.0 Å². The molecule has 24 heavy (non-hydrogen) atoms. The fraction of sp³-hybridized carbons (Fsp3) is 0.562. The zero-order chi connectivity index (χ0) is 17.6. The Kier molecular flexibility index (Phi) is 6.56. The fourth-order valence-electron chi connectivity index (χ4n) is 2.56. The number of hydrogen-bond donors (Lipinski definition) is 1. The summed E-state index contributed by atoms with van der Waals surface area (Å²) in [5, 5.41) is 0. The van der Waals surface area contributed by atoms with Gasteiger partial charge in [-0.15, -0.1) is 0 Å². The molecule has 1 heterocycles. The van der Waals surface area contributed by atoms with E-state index in [0.717, 1.165) is 12.1 Å². The Morgan fingerprint density at radius 1 is 1.17 bits per heavy atom. The molecule has 1 aromatic rings. The van der Waals surface area contributed by atoms with E-state index in [0.29, 0.717) is 32.6 Å². The van der Waals surface area contributed by atoms with Gasteiger partial charge in [-0.2, -0.15) is 0 Å². The molecule has 1 aliphatic heterocycles. The first-order valence-electron chi connectivity index (χ1n) is 8.17. The van der Waals surface area contributed by atoms with Crippen molar-refractivity contribution >= 4 is 21.6 Å². The molecule has 0 aliphatic carbocycles. The van der Waals surface area contributed by atoms with Gasteiger partial charge in [0.25, 0.3) is 0 Å². The molecule has 0 bridgehead atoms. The van der Waals surface area contributed by atoms with Crippen LogP contribution in [-0.2, 0) is 14.8 Å². The Morgan fingerprint density at radius 2 is 1.79 bits per heavy atom. The maximum Gasteiger partial charge on any atom is 0.237 e. The van der Waals surface area contributed by atoms with Crippen LogP contribution < -0.4 is 9.62 Å². The largest absolute Gasteiger partial charge is 0.368 e. The molecule has 6 nitrogen and oxygen atoms in total. The molecule has 0 spiro atoms. The number of amides is 1. The quantitative estimate of drug-likeness (QED) is 0.796. The first kappa shape index (κ1) is 18.7. The third kappa shape index (κ3) is 5.45. The predicted molar refractivity (Wildman–Crippen MR) is 91.9 cm³/mol. The van der Waals surface area contributed by atoms with Gasteiger partial charge in [0.2, 0.25) is 15.9 Å². The molecule has 1 aliphatic rings. The summed E-state index contributed by atoms with van der Waals surface area (Å²) in [7, 11) is -3.38. The average Bonchev–Trinajstić information content (AvgIpc) is 2.59. The Morgan fingerprint density at radius 3 is 2.38 bits per heavy atom. The molecule has 0 atom stereocenters. The molecule has 0 saturated carbocycles. The molecular weight excluding hydrogens is 333 g/mol. The average molecular weight is 357 g/mol. The summed E-state index contributed by atoms with van der Waals surface area (Å²) in [4.78, 5) is 15.9. The van der Waals surface area contributed by atoms with Crippen molar-refractivity contribution in [3.05, 3.63) is 30.1 Å². The van der Waals surface area contributed by atoms with Gasteiger partial charge in [0, 0.05) is 31.9 Å². The molecule has 0 radical (unpaired) electrons. The van der Waals surface area contributed by atoms with Crippen LogP contribution in [0.3, 0.4) is 0 Å². The number of sulfonamides is 1. The van der Waals surface area contributed by atoms with Crippen molar-refractivity contribution in [3.8, 4) is 0 Å². The van der Waals surface area contributed by atoms with Gasteiger partial charge >= 0.3 is 0 Å². The highest BCUT2D eigenvalue weighted by Crippen LogP contribution is 2.16. The summed E-state index contributed by atoms with van der Waals surface area (Å²) >= 11 is 0. The number of anilines is 1. The highest BCUT2D eigenvalue weighted by atomic mass is 32.2. The number of hydrogen-bond acceptors (Lipinski definition) is 4. The molecule has 0 aromatic heterocycles. The van der Waals surface area contributed by atoms with E-state index in [9.17, 15) is 17.6 Å². The molecule has 8 heteroatoms. The lowest BCUT2D eigenvalue weighted by Gasteiger charge is -2.36. The first-order chi connectivity index (χ1) is 11.4. The van der Waals surface area contributed by atoms with Gasteiger partial charge in [-0.25, -0.2) is 17.5 Å². The molecule has 0 unspecified atom stereocenters. The minimum atomic E-state index is -3.38. The van der Waals surface area contributed by atoms with Crippen LogP contribution in [0.5, 0.6) is 0 Å². The second kappa shape index (κ2) is 8.43. The molecule has 1 saturated heterocycles. The fourth-order valence-corrected chi connectivity index (χ4v) is 3.71. The van der Waals surface area contributed by atoms with E-state index in [1.54, 1.807) is 17.0 Å². The van der Waals surface area contributed by atoms with Crippen LogP contribution >= 0.6 is 0 Å². The zero-order valence-electron chi connectivity index (χ0n) is 13.9. The Hall–Kier alpha value is -1.67. The summed E-state index contributed by atoms with van der Waals surface area (Å²) in [6.45, 7) is 4.05. The number of benzene rings is 1. The van der Waals surface area contributed by atoms with Gasteiger partial charge in [0.15, 0.2) is 0 Å². The van der Waals surface area contributed by atoms with Gasteiger partial charge in [-0.1, -0.05) is 13.3 Å². The van der Waals surface area contributed by atoms with Crippen LogP contribution in [-0.4, -0.2) is 57.7 Å². The van der Waals surface area contributed by atoms with E-state index in [1.165, 1.54) is 12.1 Å². The topological polar surface area (TPSA) is 69.7 Å². The van der Waals surface area contributed by atoms with Crippen LogP contribution in [0.4, 0.5) is 10.1 Å². The molecule has 2 rings (SSSR count). The van der Waals surface area contributed by atoms with Crippen molar-refractivity contribution < 1.29 is 17.6 Å². The van der Waals surface area contributed by atoms with Gasteiger partial charge in [-0.05, 0) is 30.7 Å². The van der Waals surface area contributed by atoms with E-state index in [-0.39, 0.29) is 24.0 Å². The number of piperazine rings is 1. The maximum atomic E-state index is 13.0.